The van der Waals surface area contributed by atoms with Crippen LogP contribution in [0.1, 0.15) is 11.1 Å². The predicted octanol–water partition coefficient (Wildman–Crippen LogP) is 4.59. The monoisotopic (exact) mass is 405 g/mol. The van der Waals surface area contributed by atoms with E-state index in [4.69, 9.17) is 14.2 Å². The molecule has 0 amide bonds. The molecule has 0 N–H and O–H groups in total. The van der Waals surface area contributed by atoms with E-state index < -0.39 is 11.9 Å². The van der Waals surface area contributed by atoms with Gasteiger partial charge in [0.05, 0.1) is 19.8 Å². The van der Waals surface area contributed by atoms with Crippen LogP contribution in [-0.2, 0) is 19.1 Å². The number of methoxy groups -OCH3 is 2. The van der Waals surface area contributed by atoms with Gasteiger partial charge in [0.1, 0.15) is 17.2 Å². The van der Waals surface area contributed by atoms with Crippen molar-refractivity contribution in [2.75, 3.05) is 19.1 Å². The highest BCUT2D eigenvalue weighted by Gasteiger charge is 2.27. The smallest absolute Gasteiger partial charge is 0.355 e. The molecule has 0 spiro atoms. The lowest BCUT2D eigenvalue weighted by Crippen LogP contribution is -2.26. The van der Waals surface area contributed by atoms with E-state index >= 15 is 0 Å². The van der Waals surface area contributed by atoms with E-state index in [2.05, 4.69) is 0 Å². The molecule has 6 heteroatoms. The Morgan fingerprint density at radius 2 is 1.47 bits per heavy atom. The molecule has 6 nitrogen and oxygen atoms in total. The summed E-state index contributed by atoms with van der Waals surface area (Å²) in [6.07, 6.45) is 6.58. The molecule has 0 saturated heterocycles. The predicted molar refractivity (Wildman–Crippen MR) is 114 cm³/mol. The molecule has 154 valence electrons. The van der Waals surface area contributed by atoms with Crippen molar-refractivity contribution in [3.63, 3.8) is 0 Å². The van der Waals surface area contributed by atoms with Crippen LogP contribution in [0.5, 0.6) is 11.5 Å². The average molecular weight is 405 g/mol. The van der Waals surface area contributed by atoms with Gasteiger partial charge >= 0.3 is 11.9 Å². The minimum Gasteiger partial charge on any atom is -0.465 e. The summed E-state index contributed by atoms with van der Waals surface area (Å²) in [5.74, 6) is 0.112. The third-order valence-electron chi connectivity index (χ3n) is 4.72. The Hall–Kier alpha value is -3.80. The van der Waals surface area contributed by atoms with Crippen LogP contribution in [0, 0.1) is 13.8 Å². The van der Waals surface area contributed by atoms with Crippen LogP contribution >= 0.6 is 0 Å². The molecular formula is C24H23NO5. The van der Waals surface area contributed by atoms with Crippen molar-refractivity contribution < 1.29 is 23.8 Å². The minimum absolute atomic E-state index is 0.0668. The van der Waals surface area contributed by atoms with Crippen molar-refractivity contribution in [2.24, 2.45) is 0 Å². The maximum atomic E-state index is 12.5. The normalized spacial score (nSPS) is 13.1. The number of carbonyl (C=O) groups excluding carboxylic acids is 2. The largest absolute Gasteiger partial charge is 0.465 e. The Labute approximate surface area is 175 Å². The summed E-state index contributed by atoms with van der Waals surface area (Å²) in [5, 5.41) is 0. The second-order valence-corrected chi connectivity index (χ2v) is 6.66. The number of nitrogens with zero attached hydrogens (tertiary/aromatic N) is 1. The van der Waals surface area contributed by atoms with Crippen molar-refractivity contribution >= 4 is 17.6 Å². The third-order valence-corrected chi connectivity index (χ3v) is 4.72. The standard InChI is InChI=1S/C24H23NO5/c1-16-8-11-20(15-17(16)2)30-19-12-9-18(10-13-19)25-14-6-5-7-21(23(26)28-3)22(25)24(27)29-4/h5-15H,1-4H3. The van der Waals surface area contributed by atoms with E-state index in [-0.39, 0.29) is 11.3 Å². The first-order valence-corrected chi connectivity index (χ1v) is 9.34. The summed E-state index contributed by atoms with van der Waals surface area (Å²) in [6.45, 7) is 4.08. The number of ether oxygens (including phenoxy) is 3. The first-order chi connectivity index (χ1) is 14.4. The molecular weight excluding hydrogens is 382 g/mol. The molecule has 0 aromatic heterocycles. The number of anilines is 1. The fourth-order valence-corrected chi connectivity index (χ4v) is 2.95. The molecule has 0 bridgehead atoms. The second kappa shape index (κ2) is 9.13. The highest BCUT2D eigenvalue weighted by Crippen LogP contribution is 2.30. The molecule has 30 heavy (non-hydrogen) atoms. The number of benzene rings is 2. The maximum absolute atomic E-state index is 12.5. The van der Waals surface area contributed by atoms with Gasteiger partial charge in [-0.2, -0.15) is 0 Å². The zero-order valence-electron chi connectivity index (χ0n) is 17.3. The lowest BCUT2D eigenvalue weighted by molar-refractivity contribution is -0.139. The van der Waals surface area contributed by atoms with Gasteiger partial charge in [-0.15, -0.1) is 0 Å². The SMILES string of the molecule is COC(=O)C1=C(C(=O)OC)N(c2ccc(Oc3ccc(C)c(C)c3)cc2)C=CC=C1. The maximum Gasteiger partial charge on any atom is 0.355 e. The fraction of sp³-hybridized carbons (Fsp3) is 0.167. The summed E-state index contributed by atoms with van der Waals surface area (Å²) < 4.78 is 15.7. The Morgan fingerprint density at radius 1 is 0.800 bits per heavy atom. The van der Waals surface area contributed by atoms with E-state index in [0.717, 1.165) is 11.3 Å². The third kappa shape index (κ3) is 4.43. The van der Waals surface area contributed by atoms with Gasteiger partial charge in [0, 0.05) is 11.9 Å². The molecule has 0 fully saturated rings. The number of carbonyl (C=O) groups is 2. The number of hydrogen-bond donors (Lipinski definition) is 0. The van der Waals surface area contributed by atoms with Crippen molar-refractivity contribution in [3.05, 3.63) is 89.3 Å². The van der Waals surface area contributed by atoms with Gasteiger partial charge in [-0.05, 0) is 73.5 Å². The van der Waals surface area contributed by atoms with Gasteiger partial charge in [-0.25, -0.2) is 9.59 Å². The van der Waals surface area contributed by atoms with Gasteiger partial charge < -0.3 is 19.1 Å². The molecule has 0 unspecified atom stereocenters. The quantitative estimate of drug-likeness (QED) is 0.678. The van der Waals surface area contributed by atoms with Crippen LogP contribution in [0.4, 0.5) is 5.69 Å². The minimum atomic E-state index is -0.651. The Balaban J connectivity index is 1.93. The van der Waals surface area contributed by atoms with Gasteiger partial charge in [0.2, 0.25) is 0 Å². The average Bonchev–Trinajstić information content (AvgIpc) is 2.99. The lowest BCUT2D eigenvalue weighted by atomic mass is 10.1. The molecule has 0 atom stereocenters. The van der Waals surface area contributed by atoms with Crippen molar-refractivity contribution in [1.29, 1.82) is 0 Å². The molecule has 3 rings (SSSR count). The topological polar surface area (TPSA) is 65.1 Å². The van der Waals surface area contributed by atoms with Crippen molar-refractivity contribution in [2.45, 2.75) is 13.8 Å². The zero-order chi connectivity index (χ0) is 21.7. The summed E-state index contributed by atoms with van der Waals surface area (Å²) in [7, 11) is 2.53. The first kappa shape index (κ1) is 20.9. The number of allylic oxidation sites excluding steroid dienone is 2. The van der Waals surface area contributed by atoms with E-state index in [1.54, 1.807) is 47.5 Å². The highest BCUT2D eigenvalue weighted by atomic mass is 16.5. The summed E-state index contributed by atoms with van der Waals surface area (Å²) in [5.41, 5.74) is 3.17. The fourth-order valence-electron chi connectivity index (χ4n) is 2.95. The Morgan fingerprint density at radius 3 is 2.10 bits per heavy atom. The summed E-state index contributed by atoms with van der Waals surface area (Å²) >= 11 is 0. The van der Waals surface area contributed by atoms with Crippen LogP contribution in [0.25, 0.3) is 0 Å². The molecule has 1 aliphatic rings. The lowest BCUT2D eigenvalue weighted by Gasteiger charge is -2.23. The second-order valence-electron chi connectivity index (χ2n) is 6.66. The first-order valence-electron chi connectivity index (χ1n) is 9.34. The van der Waals surface area contributed by atoms with Crippen LogP contribution in [0.2, 0.25) is 0 Å². The van der Waals surface area contributed by atoms with Crippen molar-refractivity contribution in [3.8, 4) is 11.5 Å². The number of rotatable bonds is 5. The molecule has 0 saturated carbocycles. The number of hydrogen-bond acceptors (Lipinski definition) is 6. The van der Waals surface area contributed by atoms with Gasteiger partial charge in [-0.3, -0.25) is 0 Å². The van der Waals surface area contributed by atoms with Crippen LogP contribution in [-0.4, -0.2) is 26.2 Å². The van der Waals surface area contributed by atoms with E-state index in [1.807, 2.05) is 32.0 Å². The molecule has 2 aromatic rings. The highest BCUT2D eigenvalue weighted by molar-refractivity contribution is 6.05. The Kier molecular flexibility index (Phi) is 6.37. The van der Waals surface area contributed by atoms with Crippen LogP contribution < -0.4 is 9.64 Å². The summed E-state index contributed by atoms with van der Waals surface area (Å²) in [4.78, 5) is 26.3. The van der Waals surface area contributed by atoms with E-state index in [1.165, 1.54) is 25.9 Å². The van der Waals surface area contributed by atoms with E-state index in [0.29, 0.717) is 11.4 Å². The molecule has 0 radical (unpaired) electrons. The van der Waals surface area contributed by atoms with Gasteiger partial charge in [0.25, 0.3) is 0 Å². The summed E-state index contributed by atoms with van der Waals surface area (Å²) in [6, 6.07) is 13.1. The van der Waals surface area contributed by atoms with Gasteiger partial charge in [0.15, 0.2) is 0 Å². The molecule has 2 aromatic carbocycles. The van der Waals surface area contributed by atoms with E-state index in [9.17, 15) is 9.59 Å². The zero-order valence-corrected chi connectivity index (χ0v) is 17.3. The van der Waals surface area contributed by atoms with Crippen LogP contribution in [0.3, 0.4) is 0 Å². The number of esters is 2. The van der Waals surface area contributed by atoms with Crippen LogP contribution in [0.15, 0.2) is 78.2 Å². The molecule has 1 aliphatic heterocycles. The molecule has 1 heterocycles. The number of aryl methyl sites for hydroxylation is 2. The molecule has 0 aliphatic carbocycles. The van der Waals surface area contributed by atoms with Gasteiger partial charge in [-0.1, -0.05) is 12.1 Å². The van der Waals surface area contributed by atoms with Crippen molar-refractivity contribution in [1.82, 2.24) is 0 Å². The Bertz CT molecular complexity index is 1050.